The maximum atomic E-state index is 10.8. The Morgan fingerprint density at radius 2 is 2.16 bits per heavy atom. The molecule has 0 radical (unpaired) electrons. The number of rotatable bonds is 7. The average Bonchev–Trinajstić information content (AvgIpc) is 2.35. The molecule has 0 fully saturated rings. The van der Waals surface area contributed by atoms with Gasteiger partial charge >= 0.3 is 5.97 Å². The number of carbonyl (C=O) groups is 1. The molecule has 1 heterocycles. The fourth-order valence-corrected chi connectivity index (χ4v) is 1.62. The number of aromatic nitrogens is 1. The van der Waals surface area contributed by atoms with E-state index in [1.165, 1.54) is 6.07 Å². The zero-order valence-electron chi connectivity index (χ0n) is 11.7. The molecule has 0 aromatic carbocycles. The molecule has 0 bridgehead atoms. The van der Waals surface area contributed by atoms with E-state index >= 15 is 0 Å². The smallest absolute Gasteiger partial charge is 0.354 e. The second-order valence-electron chi connectivity index (χ2n) is 5.50. The van der Waals surface area contributed by atoms with Gasteiger partial charge in [0.25, 0.3) is 0 Å². The predicted octanol–water partition coefficient (Wildman–Crippen LogP) is 2.38. The molecule has 106 valence electrons. The molecule has 1 rings (SSSR count). The van der Waals surface area contributed by atoms with Crippen molar-refractivity contribution in [3.05, 3.63) is 23.9 Å². The van der Waals surface area contributed by atoms with Crippen LogP contribution < -0.4 is 5.32 Å². The Morgan fingerprint density at radius 1 is 1.47 bits per heavy atom. The highest BCUT2D eigenvalue weighted by Crippen LogP contribution is 2.17. The summed E-state index contributed by atoms with van der Waals surface area (Å²) in [4.78, 5) is 14.7. The molecule has 0 aliphatic rings. The van der Waals surface area contributed by atoms with E-state index in [4.69, 9.17) is 5.11 Å². The third-order valence-corrected chi connectivity index (χ3v) is 2.88. The molecule has 3 N–H and O–H groups in total. The fraction of sp³-hybridized carbons (Fsp3) is 0.571. The van der Waals surface area contributed by atoms with Crippen LogP contribution in [0.5, 0.6) is 0 Å². The molecule has 5 nitrogen and oxygen atoms in total. The van der Waals surface area contributed by atoms with Crippen molar-refractivity contribution in [2.45, 2.75) is 39.2 Å². The van der Waals surface area contributed by atoms with E-state index in [1.807, 2.05) is 0 Å². The molecule has 1 aromatic heterocycles. The first-order chi connectivity index (χ1) is 8.80. The Bertz CT molecular complexity index is 430. The zero-order chi connectivity index (χ0) is 14.5. The second kappa shape index (κ2) is 6.52. The summed E-state index contributed by atoms with van der Waals surface area (Å²) in [5, 5.41) is 22.0. The van der Waals surface area contributed by atoms with Gasteiger partial charge in [0.15, 0.2) is 5.69 Å². The van der Waals surface area contributed by atoms with Crippen LogP contribution in [0.1, 0.15) is 44.1 Å². The van der Waals surface area contributed by atoms with E-state index in [2.05, 4.69) is 24.1 Å². The van der Waals surface area contributed by atoms with Gasteiger partial charge in [0.05, 0.1) is 5.60 Å². The van der Waals surface area contributed by atoms with Crippen LogP contribution in [0.25, 0.3) is 0 Å². The van der Waals surface area contributed by atoms with Gasteiger partial charge < -0.3 is 15.5 Å². The van der Waals surface area contributed by atoms with Crippen LogP contribution in [0.2, 0.25) is 0 Å². The van der Waals surface area contributed by atoms with Crippen molar-refractivity contribution in [1.82, 2.24) is 4.98 Å². The zero-order valence-corrected chi connectivity index (χ0v) is 11.7. The number of aromatic carboxylic acids is 1. The average molecular weight is 266 g/mol. The lowest BCUT2D eigenvalue weighted by Gasteiger charge is -2.24. The minimum Gasteiger partial charge on any atom is -0.477 e. The van der Waals surface area contributed by atoms with Crippen LogP contribution in [-0.4, -0.2) is 33.3 Å². The molecule has 19 heavy (non-hydrogen) atoms. The summed E-state index contributed by atoms with van der Waals surface area (Å²) < 4.78 is 0. The number of carboxylic acid groups (broad SMARTS) is 1. The topological polar surface area (TPSA) is 82.5 Å². The lowest BCUT2D eigenvalue weighted by atomic mass is 9.95. The Balaban J connectivity index is 2.56. The largest absolute Gasteiger partial charge is 0.477 e. The van der Waals surface area contributed by atoms with E-state index in [-0.39, 0.29) is 5.69 Å². The first-order valence-electron chi connectivity index (χ1n) is 6.47. The third-order valence-electron chi connectivity index (χ3n) is 2.88. The number of hydrogen-bond donors (Lipinski definition) is 3. The summed E-state index contributed by atoms with van der Waals surface area (Å²) in [6, 6.07) is 4.75. The normalized spacial score (nSPS) is 14.2. The van der Waals surface area contributed by atoms with Crippen LogP contribution in [-0.2, 0) is 0 Å². The summed E-state index contributed by atoms with van der Waals surface area (Å²) in [6.07, 6.45) is 1.63. The van der Waals surface area contributed by atoms with Crippen molar-refractivity contribution in [1.29, 1.82) is 0 Å². The maximum Gasteiger partial charge on any atom is 0.354 e. The number of aliphatic hydroxyl groups is 1. The van der Waals surface area contributed by atoms with E-state index in [1.54, 1.807) is 19.1 Å². The number of nitrogens with zero attached hydrogens (tertiary/aromatic N) is 1. The van der Waals surface area contributed by atoms with Crippen molar-refractivity contribution in [2.75, 3.05) is 11.9 Å². The molecule has 1 atom stereocenters. The number of nitrogens with one attached hydrogen (secondary N) is 1. The second-order valence-corrected chi connectivity index (χ2v) is 5.50. The standard InChI is InChI=1S/C14H22N2O3/c1-10(2)7-8-14(3,19)9-15-12-6-4-5-11(16-12)13(17)18/h4-6,10,19H,7-9H2,1-3H3,(H,15,16)(H,17,18). The molecular formula is C14H22N2O3. The lowest BCUT2D eigenvalue weighted by molar-refractivity contribution is 0.0585. The van der Waals surface area contributed by atoms with Crippen LogP contribution >= 0.6 is 0 Å². The van der Waals surface area contributed by atoms with Crippen LogP contribution in [0.4, 0.5) is 5.82 Å². The molecular weight excluding hydrogens is 244 g/mol. The molecule has 0 aliphatic carbocycles. The minimum absolute atomic E-state index is 0.00757. The minimum atomic E-state index is -1.06. The SMILES string of the molecule is CC(C)CCC(C)(O)CNc1cccc(C(=O)O)n1. The van der Waals surface area contributed by atoms with Crippen molar-refractivity contribution in [2.24, 2.45) is 5.92 Å². The summed E-state index contributed by atoms with van der Waals surface area (Å²) in [5.41, 5.74) is -0.836. The Hall–Kier alpha value is -1.62. The van der Waals surface area contributed by atoms with E-state index in [9.17, 15) is 9.90 Å². The highest BCUT2D eigenvalue weighted by Gasteiger charge is 2.20. The van der Waals surface area contributed by atoms with Gasteiger partial charge in [-0.3, -0.25) is 0 Å². The van der Waals surface area contributed by atoms with Crippen molar-refractivity contribution in [3.8, 4) is 0 Å². The lowest BCUT2D eigenvalue weighted by Crippen LogP contribution is -2.34. The molecule has 5 heteroatoms. The van der Waals surface area contributed by atoms with Crippen LogP contribution in [0, 0.1) is 5.92 Å². The summed E-state index contributed by atoms with van der Waals surface area (Å²) >= 11 is 0. The Kier molecular flexibility index (Phi) is 5.30. The van der Waals surface area contributed by atoms with Gasteiger partial charge in [-0.25, -0.2) is 9.78 Å². The fourth-order valence-electron chi connectivity index (χ4n) is 1.62. The first-order valence-corrected chi connectivity index (χ1v) is 6.47. The van der Waals surface area contributed by atoms with Crippen LogP contribution in [0.15, 0.2) is 18.2 Å². The van der Waals surface area contributed by atoms with Gasteiger partial charge in [-0.1, -0.05) is 19.9 Å². The molecule has 1 aromatic rings. The predicted molar refractivity (Wildman–Crippen MR) is 74.4 cm³/mol. The molecule has 1 unspecified atom stereocenters. The highest BCUT2D eigenvalue weighted by molar-refractivity contribution is 5.85. The Morgan fingerprint density at radius 3 is 2.74 bits per heavy atom. The van der Waals surface area contributed by atoms with E-state index in [0.717, 1.165) is 6.42 Å². The van der Waals surface area contributed by atoms with E-state index < -0.39 is 11.6 Å². The summed E-state index contributed by atoms with van der Waals surface area (Å²) in [7, 11) is 0. The molecule has 0 spiro atoms. The highest BCUT2D eigenvalue weighted by atomic mass is 16.4. The third kappa shape index (κ3) is 5.70. The summed E-state index contributed by atoms with van der Waals surface area (Å²) in [6.45, 7) is 6.34. The number of anilines is 1. The van der Waals surface area contributed by atoms with E-state index in [0.29, 0.717) is 24.7 Å². The van der Waals surface area contributed by atoms with Gasteiger partial charge in [-0.05, 0) is 37.8 Å². The first kappa shape index (κ1) is 15.4. The van der Waals surface area contributed by atoms with Gasteiger partial charge in [-0.2, -0.15) is 0 Å². The summed E-state index contributed by atoms with van der Waals surface area (Å²) in [5.74, 6) is -0.0557. The van der Waals surface area contributed by atoms with Crippen molar-refractivity contribution < 1.29 is 15.0 Å². The number of carboxylic acids is 1. The Labute approximate surface area is 113 Å². The number of pyridine rings is 1. The molecule has 0 saturated carbocycles. The quantitative estimate of drug-likeness (QED) is 0.706. The number of hydrogen-bond acceptors (Lipinski definition) is 4. The van der Waals surface area contributed by atoms with Crippen LogP contribution in [0.3, 0.4) is 0 Å². The molecule has 0 amide bonds. The monoisotopic (exact) mass is 266 g/mol. The molecule has 0 aliphatic heterocycles. The van der Waals surface area contributed by atoms with Gasteiger partial charge in [0, 0.05) is 6.54 Å². The molecule has 0 saturated heterocycles. The van der Waals surface area contributed by atoms with Gasteiger partial charge in [0.1, 0.15) is 5.82 Å². The van der Waals surface area contributed by atoms with Crippen molar-refractivity contribution in [3.63, 3.8) is 0 Å². The van der Waals surface area contributed by atoms with Gasteiger partial charge in [0.2, 0.25) is 0 Å². The van der Waals surface area contributed by atoms with Crippen molar-refractivity contribution >= 4 is 11.8 Å². The maximum absolute atomic E-state index is 10.8. The van der Waals surface area contributed by atoms with Gasteiger partial charge in [-0.15, -0.1) is 0 Å².